The molecule has 0 N–H and O–H groups in total. The van der Waals surface area contributed by atoms with Crippen LogP contribution in [0.25, 0.3) is 34.4 Å². The second-order valence-corrected chi connectivity index (χ2v) is 75.5. The van der Waals surface area contributed by atoms with Crippen LogP contribution in [0.1, 0.15) is 61.7 Å². The zero-order valence-electron chi connectivity index (χ0n) is 31.7. The molecule has 0 spiro atoms. The third kappa shape index (κ3) is 6.15. The van der Waals surface area contributed by atoms with E-state index in [-0.39, 0.29) is 0 Å². The molecule has 7 rings (SSSR count). The Labute approximate surface area is 300 Å². The molecule has 4 aromatic rings. The normalized spacial score (nSPS) is 19.6. The van der Waals surface area contributed by atoms with Crippen molar-refractivity contribution < 1.29 is 17.1 Å². The molecule has 1 fully saturated rings. The summed E-state index contributed by atoms with van der Waals surface area (Å²) in [6, 6.07) is 33.8. The van der Waals surface area contributed by atoms with Crippen molar-refractivity contribution >= 4 is 44.2 Å². The van der Waals surface area contributed by atoms with Crippen LogP contribution >= 0.6 is 0 Å². The van der Waals surface area contributed by atoms with Gasteiger partial charge in [-0.25, -0.2) is 0 Å². The predicted octanol–water partition coefficient (Wildman–Crippen LogP) is 12.7. The molecule has 254 valence electrons. The SMILES string of the molecule is C[Si](C1CCCCC1)=[Hf]([CH3])([CH3])([CH]1C=Cc2c(-c3ccc([Si](C)(C)C)cc3)cccc21)[CH]1C=Cc2c(-c3ccc([Si](C)(C)C)cc3)cccc21. The fourth-order valence-corrected chi connectivity index (χ4v) is 62.5. The Morgan fingerprint density at radius 3 is 1.35 bits per heavy atom. The average molecular weight is 862 g/mol. The first-order valence-electron chi connectivity index (χ1n) is 19.1. The number of hydrogen-bond acceptors (Lipinski definition) is 0. The zero-order valence-corrected chi connectivity index (χ0v) is 38.3. The Balaban J connectivity index is 1.37. The van der Waals surface area contributed by atoms with Gasteiger partial charge in [-0.2, -0.15) is 0 Å². The van der Waals surface area contributed by atoms with Gasteiger partial charge >= 0.3 is 303 Å². The van der Waals surface area contributed by atoms with Crippen LogP contribution in [0.5, 0.6) is 0 Å². The molecule has 49 heavy (non-hydrogen) atoms. The van der Waals surface area contributed by atoms with Crippen LogP contribution in [0.4, 0.5) is 0 Å². The van der Waals surface area contributed by atoms with E-state index in [1.54, 1.807) is 11.1 Å². The molecule has 0 aliphatic heterocycles. The van der Waals surface area contributed by atoms with Crippen molar-refractivity contribution in [2.45, 2.75) is 100 Å². The second kappa shape index (κ2) is 12.8. The fraction of sp³-hybridized carbons (Fsp3) is 0.378. The van der Waals surface area contributed by atoms with E-state index in [1.165, 1.54) is 75.9 Å². The van der Waals surface area contributed by atoms with E-state index in [0.29, 0.717) is 7.35 Å². The first-order valence-corrected chi connectivity index (χ1v) is 44.9. The van der Waals surface area contributed by atoms with E-state index in [4.69, 9.17) is 0 Å². The van der Waals surface area contributed by atoms with Crippen molar-refractivity contribution in [3.05, 3.63) is 119 Å². The molecule has 4 aromatic carbocycles. The van der Waals surface area contributed by atoms with Crippen LogP contribution in [-0.2, 0) is 17.1 Å². The second-order valence-electron chi connectivity index (χ2n) is 18.6. The number of hydrogen-bond donors (Lipinski definition) is 0. The van der Waals surface area contributed by atoms with Gasteiger partial charge in [-0.15, -0.1) is 0 Å². The average Bonchev–Trinajstić information content (AvgIpc) is 3.74. The summed E-state index contributed by atoms with van der Waals surface area (Å²) in [6.45, 7) is 17.5. The number of fused-ring (bicyclic) bond motifs is 2. The van der Waals surface area contributed by atoms with Crippen LogP contribution in [0.15, 0.2) is 97.1 Å². The molecule has 2 atom stereocenters. The van der Waals surface area contributed by atoms with Gasteiger partial charge in [-0.05, 0) is 0 Å². The molecular formula is C45H58HfSi3. The first kappa shape index (κ1) is 35.3. The number of benzene rings is 4. The summed E-state index contributed by atoms with van der Waals surface area (Å²) in [4.78, 5) is 0. The Hall–Kier alpha value is -2.12. The van der Waals surface area contributed by atoms with Crippen molar-refractivity contribution in [1.82, 2.24) is 0 Å². The van der Waals surface area contributed by atoms with E-state index in [2.05, 4.69) is 164 Å². The summed E-state index contributed by atoms with van der Waals surface area (Å²) in [5.74, 6) is 0. The van der Waals surface area contributed by atoms with Crippen molar-refractivity contribution in [3.8, 4) is 22.3 Å². The number of allylic oxidation sites excluding steroid dienone is 2. The van der Waals surface area contributed by atoms with Gasteiger partial charge in [0.15, 0.2) is 0 Å². The third-order valence-corrected chi connectivity index (χ3v) is 75.5. The van der Waals surface area contributed by atoms with Crippen molar-refractivity contribution in [2.75, 3.05) is 0 Å². The van der Waals surface area contributed by atoms with Crippen LogP contribution in [-0.4, -0.2) is 21.6 Å². The Kier molecular flexibility index (Phi) is 9.24. The van der Waals surface area contributed by atoms with Gasteiger partial charge in [-0.1, -0.05) is 0 Å². The van der Waals surface area contributed by atoms with E-state index < -0.39 is 38.8 Å². The number of rotatable bonds is 7. The van der Waals surface area contributed by atoms with Crippen LogP contribution < -0.4 is 10.4 Å². The molecular weight excluding hydrogens is 803 g/mol. The standard InChI is InChI=1S/2C18H19Si.C7H14Si.2CH3.Hf/c2*1-19(2,3)16-12-10-15(11-13-16)18-9-5-7-14-6-4-8-17(14)18;1-8-7-5-3-2-4-6-7;;;/h2*4-13H,1-3H3;7H,2-6H2,1H3;2*1H3;. The molecule has 0 heterocycles. The van der Waals surface area contributed by atoms with E-state index in [0.717, 1.165) is 5.54 Å². The van der Waals surface area contributed by atoms with E-state index in [9.17, 15) is 0 Å². The van der Waals surface area contributed by atoms with Gasteiger partial charge in [0.1, 0.15) is 0 Å². The molecule has 0 radical (unpaired) electrons. The zero-order chi connectivity index (χ0) is 34.8. The molecule has 0 amide bonds. The molecule has 3 aliphatic rings. The van der Waals surface area contributed by atoms with Crippen molar-refractivity contribution in [3.63, 3.8) is 0 Å². The monoisotopic (exact) mass is 862 g/mol. The van der Waals surface area contributed by atoms with Gasteiger partial charge in [-0.3, -0.25) is 0 Å². The van der Waals surface area contributed by atoms with Gasteiger partial charge in [0.25, 0.3) is 0 Å². The molecule has 0 saturated heterocycles. The van der Waals surface area contributed by atoms with Crippen LogP contribution in [0.2, 0.25) is 60.7 Å². The fourth-order valence-electron chi connectivity index (χ4n) is 9.89. The molecule has 2 unspecified atom stereocenters. The summed E-state index contributed by atoms with van der Waals surface area (Å²) < 4.78 is 7.04. The van der Waals surface area contributed by atoms with Gasteiger partial charge in [0.2, 0.25) is 0 Å². The Morgan fingerprint density at radius 1 is 0.551 bits per heavy atom. The first-order chi connectivity index (χ1) is 23.2. The topological polar surface area (TPSA) is 0 Å². The summed E-state index contributed by atoms with van der Waals surface area (Å²) in [7, 11) is -2.68. The molecule has 0 aromatic heterocycles. The Morgan fingerprint density at radius 2 is 0.959 bits per heavy atom. The van der Waals surface area contributed by atoms with Gasteiger partial charge in [0, 0.05) is 0 Å². The van der Waals surface area contributed by atoms with Gasteiger partial charge in [0.05, 0.1) is 0 Å². The molecule has 4 heteroatoms. The maximum atomic E-state index is 2.94. The molecule has 0 nitrogen and oxygen atoms in total. The molecule has 1 saturated carbocycles. The summed E-state index contributed by atoms with van der Waals surface area (Å²) in [5, 5.41) is 3.08. The molecule has 3 aliphatic carbocycles. The van der Waals surface area contributed by atoms with Crippen molar-refractivity contribution in [2.24, 2.45) is 0 Å². The minimum atomic E-state index is -3.91. The quantitative estimate of drug-likeness (QED) is 0.162. The summed E-state index contributed by atoms with van der Waals surface area (Å²) in [6.07, 6.45) is 17.8. The van der Waals surface area contributed by atoms with Gasteiger partial charge < -0.3 is 0 Å². The van der Waals surface area contributed by atoms with Crippen LogP contribution in [0.3, 0.4) is 0 Å². The van der Waals surface area contributed by atoms with E-state index >= 15 is 0 Å². The summed E-state index contributed by atoms with van der Waals surface area (Å²) >= 11 is -3.91. The Bertz CT molecular complexity index is 1890. The third-order valence-electron chi connectivity index (χ3n) is 13.4. The predicted molar refractivity (Wildman–Crippen MR) is 223 cm³/mol. The summed E-state index contributed by atoms with van der Waals surface area (Å²) in [5.41, 5.74) is 12.1. The molecule has 0 bridgehead atoms. The van der Waals surface area contributed by atoms with Crippen LogP contribution in [0, 0.1) is 0 Å². The van der Waals surface area contributed by atoms with Crippen molar-refractivity contribution in [1.29, 1.82) is 0 Å². The maximum absolute atomic E-state index is 3.91. The minimum absolute atomic E-state index is 0.578. The van der Waals surface area contributed by atoms with E-state index in [1.807, 2.05) is 0 Å².